The Morgan fingerprint density at radius 2 is 2.14 bits per heavy atom. The van der Waals surface area contributed by atoms with Crippen molar-refractivity contribution in [2.75, 3.05) is 7.11 Å². The second-order valence-electron chi connectivity index (χ2n) is 7.11. The largest absolute Gasteiger partial charge is 0.497 e. The third-order valence-electron chi connectivity index (χ3n) is 6.50. The van der Waals surface area contributed by atoms with Gasteiger partial charge >= 0.3 is 0 Å². The van der Waals surface area contributed by atoms with Gasteiger partial charge in [0.25, 0.3) is 0 Å². The lowest BCUT2D eigenvalue weighted by Crippen LogP contribution is -2.39. The number of aryl methyl sites for hydroxylation is 1. The molecule has 22 heavy (non-hydrogen) atoms. The number of ether oxygens (including phenoxy) is 1. The summed E-state index contributed by atoms with van der Waals surface area (Å²) in [5, 5.41) is 0. The minimum absolute atomic E-state index is 0.0435. The molecule has 0 unspecified atom stereocenters. The highest BCUT2D eigenvalue weighted by atomic mass is 16.5. The minimum Gasteiger partial charge on any atom is -0.497 e. The summed E-state index contributed by atoms with van der Waals surface area (Å²) in [6, 6.07) is 6.49. The van der Waals surface area contributed by atoms with Crippen LogP contribution in [0.4, 0.5) is 0 Å². The Balaban J connectivity index is 1.78. The summed E-state index contributed by atoms with van der Waals surface area (Å²) in [6.07, 6.45) is 8.53. The van der Waals surface area contributed by atoms with Gasteiger partial charge in [-0.25, -0.2) is 0 Å². The van der Waals surface area contributed by atoms with E-state index in [2.05, 4.69) is 31.2 Å². The van der Waals surface area contributed by atoms with E-state index in [1.54, 1.807) is 7.11 Å². The van der Waals surface area contributed by atoms with Crippen LogP contribution in [0.5, 0.6) is 5.75 Å². The standard InChI is InChI=1S/C20H24O2/c1-3-20-11-10-16-15-7-5-14(22-2)12-13(15)4-6-17(16)18(20)8-9-19(20)21/h5,7,10,12,17-18H,3-4,6,8-9,11H2,1-2H3/t17-,18-,20-/m0/s1. The molecule has 0 amide bonds. The zero-order valence-electron chi connectivity index (χ0n) is 13.5. The van der Waals surface area contributed by atoms with Crippen molar-refractivity contribution in [1.82, 2.24) is 0 Å². The monoisotopic (exact) mass is 296 g/mol. The van der Waals surface area contributed by atoms with Crippen molar-refractivity contribution in [3.05, 3.63) is 35.4 Å². The second kappa shape index (κ2) is 4.97. The van der Waals surface area contributed by atoms with Crippen molar-refractivity contribution in [2.45, 2.75) is 45.4 Å². The molecule has 0 radical (unpaired) electrons. The number of hydrogen-bond acceptors (Lipinski definition) is 2. The van der Waals surface area contributed by atoms with E-state index in [4.69, 9.17) is 4.74 Å². The van der Waals surface area contributed by atoms with Gasteiger partial charge in [-0.1, -0.05) is 19.1 Å². The van der Waals surface area contributed by atoms with Crippen molar-refractivity contribution in [3.63, 3.8) is 0 Å². The number of allylic oxidation sites excluding steroid dienone is 2. The van der Waals surface area contributed by atoms with Gasteiger partial charge in [-0.05, 0) is 72.8 Å². The summed E-state index contributed by atoms with van der Waals surface area (Å²) in [7, 11) is 1.73. The van der Waals surface area contributed by atoms with Crippen LogP contribution in [0, 0.1) is 17.3 Å². The molecule has 4 rings (SSSR count). The third-order valence-corrected chi connectivity index (χ3v) is 6.50. The van der Waals surface area contributed by atoms with E-state index in [1.165, 1.54) is 23.1 Å². The van der Waals surface area contributed by atoms with Crippen LogP contribution in [0.2, 0.25) is 0 Å². The molecule has 0 aliphatic heterocycles. The van der Waals surface area contributed by atoms with Crippen LogP contribution in [-0.4, -0.2) is 12.9 Å². The molecule has 1 aromatic rings. The minimum atomic E-state index is -0.0435. The number of fused-ring (bicyclic) bond motifs is 5. The molecule has 0 heterocycles. The van der Waals surface area contributed by atoms with Gasteiger partial charge in [0.2, 0.25) is 0 Å². The zero-order chi connectivity index (χ0) is 15.3. The summed E-state index contributed by atoms with van der Waals surface area (Å²) in [5.74, 6) is 2.63. The number of carbonyl (C=O) groups is 1. The first-order chi connectivity index (χ1) is 10.7. The first-order valence-corrected chi connectivity index (χ1v) is 8.60. The molecule has 0 N–H and O–H groups in total. The quantitative estimate of drug-likeness (QED) is 0.807. The normalized spacial score (nSPS) is 32.8. The van der Waals surface area contributed by atoms with Crippen LogP contribution < -0.4 is 4.74 Å². The van der Waals surface area contributed by atoms with Crippen LogP contribution in [0.1, 0.15) is 50.2 Å². The van der Waals surface area contributed by atoms with Crippen molar-refractivity contribution >= 4 is 11.4 Å². The fourth-order valence-corrected chi connectivity index (χ4v) is 5.30. The Bertz CT molecular complexity index is 658. The lowest BCUT2D eigenvalue weighted by Gasteiger charge is -2.45. The molecule has 3 atom stereocenters. The number of rotatable bonds is 2. The number of Topliss-reactive ketones (excluding diaryl/α,β-unsaturated/α-hetero) is 1. The highest BCUT2D eigenvalue weighted by Gasteiger charge is 2.53. The maximum absolute atomic E-state index is 12.5. The predicted molar refractivity (Wildman–Crippen MR) is 87.9 cm³/mol. The molecule has 1 saturated carbocycles. The molecule has 0 bridgehead atoms. The van der Waals surface area contributed by atoms with E-state index in [1.807, 2.05) is 0 Å². The molecule has 0 spiro atoms. The molecule has 1 fully saturated rings. The van der Waals surface area contributed by atoms with E-state index in [0.29, 0.717) is 17.6 Å². The summed E-state index contributed by atoms with van der Waals surface area (Å²) in [5.41, 5.74) is 4.28. The van der Waals surface area contributed by atoms with E-state index in [9.17, 15) is 4.79 Å². The Hall–Kier alpha value is -1.57. The molecule has 2 heteroatoms. The highest BCUT2D eigenvalue weighted by Crippen LogP contribution is 2.58. The van der Waals surface area contributed by atoms with Gasteiger partial charge in [0.05, 0.1) is 7.11 Å². The first-order valence-electron chi connectivity index (χ1n) is 8.60. The summed E-state index contributed by atoms with van der Waals surface area (Å²) < 4.78 is 5.37. The maximum Gasteiger partial charge on any atom is 0.139 e. The van der Waals surface area contributed by atoms with E-state index in [0.717, 1.165) is 37.9 Å². The summed E-state index contributed by atoms with van der Waals surface area (Å²) in [6.45, 7) is 2.21. The number of methoxy groups -OCH3 is 1. The topological polar surface area (TPSA) is 26.3 Å². The summed E-state index contributed by atoms with van der Waals surface area (Å²) in [4.78, 5) is 12.5. The van der Waals surface area contributed by atoms with Gasteiger partial charge in [0.15, 0.2) is 0 Å². The molecule has 2 nitrogen and oxygen atoms in total. The average molecular weight is 296 g/mol. The fraction of sp³-hybridized carbons (Fsp3) is 0.550. The molecule has 3 aliphatic carbocycles. The Labute approximate surface area is 132 Å². The van der Waals surface area contributed by atoms with E-state index < -0.39 is 0 Å². The van der Waals surface area contributed by atoms with Gasteiger partial charge in [-0.2, -0.15) is 0 Å². The Morgan fingerprint density at radius 3 is 2.91 bits per heavy atom. The number of benzene rings is 1. The van der Waals surface area contributed by atoms with Crippen molar-refractivity contribution in [3.8, 4) is 5.75 Å². The Morgan fingerprint density at radius 1 is 1.27 bits per heavy atom. The molecular formula is C20H24O2. The smallest absolute Gasteiger partial charge is 0.139 e. The van der Waals surface area contributed by atoms with Gasteiger partial charge < -0.3 is 4.74 Å². The fourth-order valence-electron chi connectivity index (χ4n) is 5.30. The SMILES string of the molecule is CC[C@]12CC=C3c4ccc(OC)cc4CC[C@@H]3[C@@H]1CCC2=O. The zero-order valence-corrected chi connectivity index (χ0v) is 13.5. The Kier molecular flexibility index (Phi) is 3.18. The molecular weight excluding hydrogens is 272 g/mol. The van der Waals surface area contributed by atoms with Crippen LogP contribution in [-0.2, 0) is 11.2 Å². The van der Waals surface area contributed by atoms with Gasteiger partial charge in [-0.3, -0.25) is 4.79 Å². The molecule has 1 aromatic carbocycles. The lowest BCUT2D eigenvalue weighted by atomic mass is 9.58. The lowest BCUT2D eigenvalue weighted by molar-refractivity contribution is -0.128. The maximum atomic E-state index is 12.5. The summed E-state index contributed by atoms with van der Waals surface area (Å²) >= 11 is 0. The van der Waals surface area contributed by atoms with E-state index >= 15 is 0 Å². The van der Waals surface area contributed by atoms with Crippen LogP contribution >= 0.6 is 0 Å². The van der Waals surface area contributed by atoms with Crippen molar-refractivity contribution in [1.29, 1.82) is 0 Å². The van der Waals surface area contributed by atoms with E-state index in [-0.39, 0.29) is 5.41 Å². The number of carbonyl (C=O) groups excluding carboxylic acids is 1. The van der Waals surface area contributed by atoms with Crippen LogP contribution in [0.3, 0.4) is 0 Å². The van der Waals surface area contributed by atoms with Crippen molar-refractivity contribution in [2.24, 2.45) is 17.3 Å². The number of ketones is 1. The first kappa shape index (κ1) is 14.0. The van der Waals surface area contributed by atoms with Gasteiger partial charge in [-0.15, -0.1) is 0 Å². The van der Waals surface area contributed by atoms with Crippen LogP contribution in [0.15, 0.2) is 24.3 Å². The predicted octanol–water partition coefficient (Wildman–Crippen LogP) is 4.42. The molecule has 0 saturated heterocycles. The molecule has 0 aromatic heterocycles. The van der Waals surface area contributed by atoms with Crippen molar-refractivity contribution < 1.29 is 9.53 Å². The van der Waals surface area contributed by atoms with Crippen LogP contribution in [0.25, 0.3) is 5.57 Å². The van der Waals surface area contributed by atoms with Gasteiger partial charge in [0, 0.05) is 11.8 Å². The highest BCUT2D eigenvalue weighted by molar-refractivity contribution is 5.89. The number of hydrogen-bond donors (Lipinski definition) is 0. The third kappa shape index (κ3) is 1.76. The average Bonchev–Trinajstić information content (AvgIpc) is 2.91. The molecule has 3 aliphatic rings. The second-order valence-corrected chi connectivity index (χ2v) is 7.11. The van der Waals surface area contributed by atoms with Gasteiger partial charge in [0.1, 0.15) is 11.5 Å². The molecule has 116 valence electrons.